The Balaban J connectivity index is 2.10. The van der Waals surface area contributed by atoms with Crippen LogP contribution in [0, 0.1) is 25.2 Å². The van der Waals surface area contributed by atoms with E-state index in [2.05, 4.69) is 36.9 Å². The number of carboxylic acid groups (broad SMARTS) is 1. The van der Waals surface area contributed by atoms with Gasteiger partial charge in [0.1, 0.15) is 0 Å². The average Bonchev–Trinajstić information content (AvgIpc) is 2.43. The normalized spacial score (nSPS) is 20.5. The van der Waals surface area contributed by atoms with Crippen molar-refractivity contribution in [2.75, 3.05) is 13.1 Å². The highest BCUT2D eigenvalue weighted by atomic mass is 16.4. The maximum absolute atomic E-state index is 11.5. The molecule has 0 radical (unpaired) electrons. The van der Waals surface area contributed by atoms with E-state index in [0.29, 0.717) is 0 Å². The lowest BCUT2D eigenvalue weighted by molar-refractivity contribution is -0.151. The quantitative estimate of drug-likeness (QED) is 0.920. The van der Waals surface area contributed by atoms with E-state index in [1.165, 1.54) is 16.7 Å². The molecule has 1 fully saturated rings. The van der Waals surface area contributed by atoms with Crippen LogP contribution in [0.5, 0.6) is 0 Å². The first-order chi connectivity index (χ1) is 9.82. The van der Waals surface area contributed by atoms with Gasteiger partial charge in [-0.3, -0.25) is 9.69 Å². The van der Waals surface area contributed by atoms with Gasteiger partial charge in [0.2, 0.25) is 0 Å². The molecule has 1 N–H and O–H groups in total. The zero-order valence-corrected chi connectivity index (χ0v) is 13.6. The van der Waals surface area contributed by atoms with Gasteiger partial charge in [0.25, 0.3) is 0 Å². The molecular weight excluding hydrogens is 262 g/mol. The summed E-state index contributed by atoms with van der Waals surface area (Å²) in [4.78, 5) is 13.9. The Labute approximate surface area is 128 Å². The predicted octanol–water partition coefficient (Wildman–Crippen LogP) is 3.63. The molecule has 1 aliphatic rings. The zero-order valence-electron chi connectivity index (χ0n) is 13.6. The van der Waals surface area contributed by atoms with Crippen molar-refractivity contribution in [3.05, 3.63) is 34.9 Å². The van der Waals surface area contributed by atoms with Gasteiger partial charge in [-0.15, -0.1) is 0 Å². The summed E-state index contributed by atoms with van der Waals surface area (Å²) in [7, 11) is 0. The first kappa shape index (κ1) is 16.0. The maximum atomic E-state index is 11.5. The molecule has 1 heterocycles. The van der Waals surface area contributed by atoms with Crippen LogP contribution in [0.2, 0.25) is 0 Å². The van der Waals surface area contributed by atoms with Crippen LogP contribution in [-0.2, 0) is 11.3 Å². The third kappa shape index (κ3) is 3.46. The Bertz CT molecular complexity index is 502. The molecule has 0 spiro atoms. The fourth-order valence-electron chi connectivity index (χ4n) is 3.28. The van der Waals surface area contributed by atoms with Crippen molar-refractivity contribution >= 4 is 5.97 Å². The second-order valence-corrected chi connectivity index (χ2v) is 6.97. The van der Waals surface area contributed by atoms with Crippen molar-refractivity contribution in [1.29, 1.82) is 0 Å². The molecule has 0 bridgehead atoms. The standard InChI is InChI=1S/C18H27NO2/c1-13-7-5-8-14(2)16(13)12-19-10-6-9-15(11-19)18(3,4)17(20)21/h5,7-8,15H,6,9-12H2,1-4H3,(H,20,21). The van der Waals surface area contributed by atoms with Crippen molar-refractivity contribution in [3.63, 3.8) is 0 Å². The highest BCUT2D eigenvalue weighted by Crippen LogP contribution is 2.34. The summed E-state index contributed by atoms with van der Waals surface area (Å²) >= 11 is 0. The minimum atomic E-state index is -0.679. The molecular formula is C18H27NO2. The predicted molar refractivity (Wildman–Crippen MR) is 85.3 cm³/mol. The number of piperidine rings is 1. The lowest BCUT2D eigenvalue weighted by Gasteiger charge is -2.39. The second-order valence-electron chi connectivity index (χ2n) is 6.97. The molecule has 2 rings (SSSR count). The lowest BCUT2D eigenvalue weighted by Crippen LogP contribution is -2.44. The number of hydrogen-bond acceptors (Lipinski definition) is 2. The molecule has 1 aromatic carbocycles. The van der Waals surface area contributed by atoms with Gasteiger partial charge in [0, 0.05) is 13.1 Å². The Morgan fingerprint density at radius 2 is 1.95 bits per heavy atom. The number of benzene rings is 1. The summed E-state index contributed by atoms with van der Waals surface area (Å²) < 4.78 is 0. The highest BCUT2D eigenvalue weighted by Gasteiger charge is 2.39. The molecule has 1 unspecified atom stereocenters. The van der Waals surface area contributed by atoms with Gasteiger partial charge in [0.15, 0.2) is 0 Å². The third-order valence-corrected chi connectivity index (χ3v) is 5.10. The van der Waals surface area contributed by atoms with Crippen LogP contribution in [0.3, 0.4) is 0 Å². The molecule has 0 aliphatic carbocycles. The van der Waals surface area contributed by atoms with Gasteiger partial charge in [-0.05, 0) is 69.7 Å². The van der Waals surface area contributed by atoms with E-state index in [4.69, 9.17) is 0 Å². The summed E-state index contributed by atoms with van der Waals surface area (Å²) in [5.74, 6) is -0.450. The minimum Gasteiger partial charge on any atom is -0.481 e. The number of carboxylic acids is 1. The largest absolute Gasteiger partial charge is 0.481 e. The summed E-state index contributed by atoms with van der Waals surface area (Å²) in [6.45, 7) is 10.9. The molecule has 1 aliphatic heterocycles. The summed E-state index contributed by atoms with van der Waals surface area (Å²) in [6.07, 6.45) is 2.11. The van der Waals surface area contributed by atoms with Gasteiger partial charge in [-0.25, -0.2) is 0 Å². The van der Waals surface area contributed by atoms with Crippen LogP contribution in [0.4, 0.5) is 0 Å². The SMILES string of the molecule is Cc1cccc(C)c1CN1CCCC(C(C)(C)C(=O)O)C1. The van der Waals surface area contributed by atoms with Crippen LogP contribution in [0.1, 0.15) is 43.4 Å². The van der Waals surface area contributed by atoms with Crippen molar-refractivity contribution in [1.82, 2.24) is 4.90 Å². The molecule has 3 nitrogen and oxygen atoms in total. The summed E-state index contributed by atoms with van der Waals surface area (Å²) in [5.41, 5.74) is 3.41. The number of likely N-dealkylation sites (tertiary alicyclic amines) is 1. The molecule has 0 aromatic heterocycles. The van der Waals surface area contributed by atoms with Gasteiger partial charge in [-0.1, -0.05) is 18.2 Å². The first-order valence-corrected chi connectivity index (χ1v) is 7.83. The Morgan fingerprint density at radius 1 is 1.33 bits per heavy atom. The van der Waals surface area contributed by atoms with E-state index in [-0.39, 0.29) is 5.92 Å². The van der Waals surface area contributed by atoms with Gasteiger partial charge < -0.3 is 5.11 Å². The molecule has 1 atom stereocenters. The molecule has 0 saturated carbocycles. The van der Waals surface area contributed by atoms with Crippen LogP contribution in [-0.4, -0.2) is 29.1 Å². The molecule has 0 amide bonds. The highest BCUT2D eigenvalue weighted by molar-refractivity contribution is 5.74. The maximum Gasteiger partial charge on any atom is 0.309 e. The van der Waals surface area contributed by atoms with Crippen molar-refractivity contribution < 1.29 is 9.90 Å². The Hall–Kier alpha value is -1.35. The molecule has 21 heavy (non-hydrogen) atoms. The fraction of sp³-hybridized carbons (Fsp3) is 0.611. The number of aryl methyl sites for hydroxylation is 2. The monoisotopic (exact) mass is 289 g/mol. The topological polar surface area (TPSA) is 40.5 Å². The molecule has 3 heteroatoms. The molecule has 1 saturated heterocycles. The fourth-order valence-corrected chi connectivity index (χ4v) is 3.28. The van der Waals surface area contributed by atoms with E-state index < -0.39 is 11.4 Å². The smallest absolute Gasteiger partial charge is 0.309 e. The van der Waals surface area contributed by atoms with Gasteiger partial charge in [0.05, 0.1) is 5.41 Å². The van der Waals surface area contributed by atoms with Crippen molar-refractivity contribution in [2.45, 2.75) is 47.1 Å². The minimum absolute atomic E-state index is 0.230. The average molecular weight is 289 g/mol. The molecule has 1 aromatic rings. The van der Waals surface area contributed by atoms with E-state index >= 15 is 0 Å². The number of carbonyl (C=O) groups is 1. The molecule has 116 valence electrons. The van der Waals surface area contributed by atoms with Crippen molar-refractivity contribution in [2.24, 2.45) is 11.3 Å². The van der Waals surface area contributed by atoms with Crippen LogP contribution >= 0.6 is 0 Å². The number of rotatable bonds is 4. The van der Waals surface area contributed by atoms with Crippen LogP contribution in [0.15, 0.2) is 18.2 Å². The first-order valence-electron chi connectivity index (χ1n) is 7.83. The van der Waals surface area contributed by atoms with Crippen LogP contribution < -0.4 is 0 Å². The Morgan fingerprint density at radius 3 is 2.52 bits per heavy atom. The number of aliphatic carboxylic acids is 1. The van der Waals surface area contributed by atoms with E-state index in [1.54, 1.807) is 0 Å². The Kier molecular flexibility index (Phi) is 4.72. The second kappa shape index (κ2) is 6.18. The third-order valence-electron chi connectivity index (χ3n) is 5.10. The zero-order chi connectivity index (χ0) is 15.6. The number of hydrogen-bond donors (Lipinski definition) is 1. The van der Waals surface area contributed by atoms with Gasteiger partial charge in [-0.2, -0.15) is 0 Å². The number of nitrogens with zero attached hydrogens (tertiary/aromatic N) is 1. The van der Waals surface area contributed by atoms with E-state index in [0.717, 1.165) is 32.5 Å². The van der Waals surface area contributed by atoms with Crippen molar-refractivity contribution in [3.8, 4) is 0 Å². The lowest BCUT2D eigenvalue weighted by atomic mass is 9.74. The summed E-state index contributed by atoms with van der Waals surface area (Å²) in [5, 5.41) is 9.44. The van der Waals surface area contributed by atoms with Crippen LogP contribution in [0.25, 0.3) is 0 Å². The summed E-state index contributed by atoms with van der Waals surface area (Å²) in [6, 6.07) is 6.41. The van der Waals surface area contributed by atoms with Gasteiger partial charge >= 0.3 is 5.97 Å². The van der Waals surface area contributed by atoms with E-state index in [9.17, 15) is 9.90 Å². The van der Waals surface area contributed by atoms with E-state index in [1.807, 2.05) is 13.8 Å².